The lowest BCUT2D eigenvalue weighted by molar-refractivity contribution is -0.147. The van der Waals surface area contributed by atoms with Gasteiger partial charge >= 0.3 is 6.09 Å². The number of carbonyl (C=O) groups is 2. The van der Waals surface area contributed by atoms with Gasteiger partial charge in [0.2, 0.25) is 5.91 Å². The third kappa shape index (κ3) is 4.42. The number of likely N-dealkylation sites (tertiary alicyclic amines) is 1. The fourth-order valence-corrected chi connectivity index (χ4v) is 2.63. The number of carbonyl (C=O) groups excluding carboxylic acids is 2. The molecular formula is C18H23NO4. The molecule has 1 aliphatic heterocycles. The number of hydrogen-bond donors (Lipinski definition) is 0. The summed E-state index contributed by atoms with van der Waals surface area (Å²) >= 11 is 0. The van der Waals surface area contributed by atoms with Gasteiger partial charge in [0.05, 0.1) is 18.6 Å². The molecule has 0 aliphatic carbocycles. The molecule has 1 aromatic rings. The molecule has 2 amide bonds. The van der Waals surface area contributed by atoms with E-state index in [1.54, 1.807) is 6.08 Å². The van der Waals surface area contributed by atoms with Crippen molar-refractivity contribution >= 4 is 12.0 Å². The molecule has 0 N–H and O–H groups in total. The Hall–Kier alpha value is -2.14. The number of nitrogens with zero attached hydrogens (tertiary/aromatic N) is 1. The fraction of sp³-hybridized carbons (Fsp3) is 0.444. The highest BCUT2D eigenvalue weighted by Gasteiger charge is 2.43. The zero-order valence-electron chi connectivity index (χ0n) is 13.5. The van der Waals surface area contributed by atoms with Gasteiger partial charge in [-0.3, -0.25) is 4.79 Å². The highest BCUT2D eigenvalue weighted by atomic mass is 16.6. The normalized spacial score (nSPS) is 21.1. The first kappa shape index (κ1) is 17.2. The Kier molecular flexibility index (Phi) is 5.93. The van der Waals surface area contributed by atoms with Crippen molar-refractivity contribution in [3.63, 3.8) is 0 Å². The van der Waals surface area contributed by atoms with Gasteiger partial charge in [0.1, 0.15) is 6.61 Å². The van der Waals surface area contributed by atoms with Crippen LogP contribution in [0.2, 0.25) is 0 Å². The van der Waals surface area contributed by atoms with E-state index in [-0.39, 0.29) is 19.1 Å². The van der Waals surface area contributed by atoms with Crippen molar-refractivity contribution in [2.75, 3.05) is 19.8 Å². The molecule has 5 nitrogen and oxygen atoms in total. The molecule has 1 aromatic carbocycles. The molecule has 0 bridgehead atoms. The molecule has 0 aromatic heterocycles. The van der Waals surface area contributed by atoms with E-state index in [2.05, 4.69) is 6.58 Å². The summed E-state index contributed by atoms with van der Waals surface area (Å²) in [5, 5.41) is 0. The number of ether oxygens (including phenoxy) is 2. The highest BCUT2D eigenvalue weighted by Crippen LogP contribution is 2.31. The van der Waals surface area contributed by atoms with Gasteiger partial charge in [-0.1, -0.05) is 36.4 Å². The Morgan fingerprint density at radius 2 is 2.13 bits per heavy atom. The minimum Gasteiger partial charge on any atom is -0.444 e. The summed E-state index contributed by atoms with van der Waals surface area (Å²) in [5.74, 6) is -0.231. The molecular weight excluding hydrogens is 294 g/mol. The summed E-state index contributed by atoms with van der Waals surface area (Å²) in [5.41, 5.74) is 0.204. The maximum atomic E-state index is 12.6. The van der Waals surface area contributed by atoms with Crippen LogP contribution in [0.4, 0.5) is 4.79 Å². The van der Waals surface area contributed by atoms with Crippen LogP contribution < -0.4 is 0 Å². The van der Waals surface area contributed by atoms with Crippen molar-refractivity contribution in [2.45, 2.75) is 26.4 Å². The third-order valence-electron chi connectivity index (χ3n) is 3.95. The summed E-state index contributed by atoms with van der Waals surface area (Å²) in [6, 6.07) is 9.40. The van der Waals surface area contributed by atoms with E-state index in [1.807, 2.05) is 37.3 Å². The summed E-state index contributed by atoms with van der Waals surface area (Å²) in [6.07, 6.45) is 2.50. The monoisotopic (exact) mass is 317 g/mol. The van der Waals surface area contributed by atoms with Gasteiger partial charge in [-0.15, -0.1) is 6.58 Å². The first-order valence-electron chi connectivity index (χ1n) is 7.78. The van der Waals surface area contributed by atoms with Gasteiger partial charge in [0.25, 0.3) is 0 Å². The largest absolute Gasteiger partial charge is 0.444 e. The van der Waals surface area contributed by atoms with Crippen molar-refractivity contribution in [3.8, 4) is 0 Å². The molecule has 0 saturated carbocycles. The smallest absolute Gasteiger partial charge is 0.416 e. The van der Waals surface area contributed by atoms with Crippen molar-refractivity contribution in [2.24, 2.45) is 5.41 Å². The molecule has 1 saturated heterocycles. The molecule has 0 unspecified atom stereocenters. The third-order valence-corrected chi connectivity index (χ3v) is 3.95. The second kappa shape index (κ2) is 7.92. The number of amides is 2. The average molecular weight is 317 g/mol. The summed E-state index contributed by atoms with van der Waals surface area (Å²) < 4.78 is 10.7. The van der Waals surface area contributed by atoms with E-state index in [1.165, 1.54) is 4.90 Å². The molecule has 0 spiro atoms. The predicted octanol–water partition coefficient (Wildman–Crippen LogP) is 3.15. The quantitative estimate of drug-likeness (QED) is 0.597. The Morgan fingerprint density at radius 3 is 2.83 bits per heavy atom. The number of hydrogen-bond acceptors (Lipinski definition) is 4. The molecule has 1 fully saturated rings. The minimum atomic E-state index is -0.687. The van der Waals surface area contributed by atoms with Gasteiger partial charge in [0, 0.05) is 6.54 Å². The maximum Gasteiger partial charge on any atom is 0.416 e. The lowest BCUT2D eigenvalue weighted by Crippen LogP contribution is -2.52. The van der Waals surface area contributed by atoms with E-state index >= 15 is 0 Å². The Labute approximate surface area is 136 Å². The second-order valence-electron chi connectivity index (χ2n) is 5.96. The van der Waals surface area contributed by atoms with E-state index in [9.17, 15) is 9.59 Å². The molecule has 1 aliphatic rings. The minimum absolute atomic E-state index is 0.160. The van der Waals surface area contributed by atoms with Crippen LogP contribution in [-0.2, 0) is 20.9 Å². The highest BCUT2D eigenvalue weighted by molar-refractivity contribution is 5.95. The summed E-state index contributed by atoms with van der Waals surface area (Å²) in [6.45, 7) is 6.64. The second-order valence-corrected chi connectivity index (χ2v) is 5.96. The SMILES string of the molecule is C=CCOC[C@]1(C)CCCN(C(=O)OCc2ccccc2)C1=O. The van der Waals surface area contributed by atoms with E-state index in [0.717, 1.165) is 12.0 Å². The van der Waals surface area contributed by atoms with Crippen LogP contribution in [0.5, 0.6) is 0 Å². The molecule has 124 valence electrons. The molecule has 2 rings (SSSR count). The van der Waals surface area contributed by atoms with Gasteiger partial charge in [0.15, 0.2) is 0 Å². The van der Waals surface area contributed by atoms with Crippen LogP contribution in [0.1, 0.15) is 25.3 Å². The molecule has 23 heavy (non-hydrogen) atoms. The number of piperidine rings is 1. The molecule has 1 heterocycles. The van der Waals surface area contributed by atoms with Gasteiger partial charge in [-0.05, 0) is 25.3 Å². The first-order valence-corrected chi connectivity index (χ1v) is 7.78. The molecule has 5 heteroatoms. The van der Waals surface area contributed by atoms with Gasteiger partial charge < -0.3 is 9.47 Å². The topological polar surface area (TPSA) is 55.8 Å². The van der Waals surface area contributed by atoms with Gasteiger partial charge in [-0.25, -0.2) is 9.69 Å². The first-order chi connectivity index (χ1) is 11.1. The van der Waals surface area contributed by atoms with Crippen LogP contribution in [0.15, 0.2) is 43.0 Å². The molecule has 1 atom stereocenters. The Bertz CT molecular complexity index is 557. The zero-order valence-corrected chi connectivity index (χ0v) is 13.5. The van der Waals surface area contributed by atoms with Crippen molar-refractivity contribution in [3.05, 3.63) is 48.6 Å². The van der Waals surface area contributed by atoms with Crippen molar-refractivity contribution in [1.29, 1.82) is 0 Å². The number of imide groups is 1. The van der Waals surface area contributed by atoms with E-state index < -0.39 is 11.5 Å². The lowest BCUT2D eigenvalue weighted by atomic mass is 9.82. The van der Waals surface area contributed by atoms with E-state index in [4.69, 9.17) is 9.47 Å². The fourth-order valence-electron chi connectivity index (χ4n) is 2.63. The van der Waals surface area contributed by atoms with Crippen LogP contribution in [0.3, 0.4) is 0 Å². The van der Waals surface area contributed by atoms with Crippen molar-refractivity contribution < 1.29 is 19.1 Å². The zero-order chi connectivity index (χ0) is 16.7. The van der Waals surface area contributed by atoms with Crippen LogP contribution in [0.25, 0.3) is 0 Å². The van der Waals surface area contributed by atoms with Crippen LogP contribution >= 0.6 is 0 Å². The number of benzene rings is 1. The van der Waals surface area contributed by atoms with E-state index in [0.29, 0.717) is 19.6 Å². The maximum absolute atomic E-state index is 12.6. The van der Waals surface area contributed by atoms with Crippen molar-refractivity contribution in [1.82, 2.24) is 4.90 Å². The van der Waals surface area contributed by atoms with Gasteiger partial charge in [-0.2, -0.15) is 0 Å². The molecule has 0 radical (unpaired) electrons. The summed E-state index contributed by atoms with van der Waals surface area (Å²) in [7, 11) is 0. The van der Waals surface area contributed by atoms with Crippen LogP contribution in [0, 0.1) is 5.41 Å². The lowest BCUT2D eigenvalue weighted by Gasteiger charge is -2.37. The van der Waals surface area contributed by atoms with Crippen LogP contribution in [-0.4, -0.2) is 36.7 Å². The standard InChI is InChI=1S/C18H23NO4/c1-3-12-22-14-18(2)10-7-11-19(16(18)20)17(21)23-13-15-8-5-4-6-9-15/h3-6,8-9H,1,7,10-14H2,2H3/t18-/m0/s1. The Balaban J connectivity index is 1.94. The Morgan fingerprint density at radius 1 is 1.39 bits per heavy atom. The average Bonchev–Trinajstić information content (AvgIpc) is 2.56. The summed E-state index contributed by atoms with van der Waals surface area (Å²) in [4.78, 5) is 26.0. The number of rotatable bonds is 6. The predicted molar refractivity (Wildman–Crippen MR) is 86.7 cm³/mol.